The zero-order valence-electron chi connectivity index (χ0n) is 15.1. The van der Waals surface area contributed by atoms with E-state index >= 15 is 0 Å². The minimum atomic E-state index is -0.471. The Morgan fingerprint density at radius 1 is 1.32 bits per heavy atom. The lowest BCUT2D eigenvalue weighted by molar-refractivity contribution is -0.144. The van der Waals surface area contributed by atoms with Gasteiger partial charge in [0.15, 0.2) is 5.78 Å². The Balaban J connectivity index is 1.72. The highest BCUT2D eigenvalue weighted by Gasteiger charge is 2.35. The van der Waals surface area contributed by atoms with Gasteiger partial charge in [-0.25, -0.2) is 9.37 Å². The van der Waals surface area contributed by atoms with E-state index in [9.17, 15) is 18.8 Å². The Labute approximate surface area is 163 Å². The summed E-state index contributed by atoms with van der Waals surface area (Å²) in [6.45, 7) is 1.82. The molecule has 4 rings (SSSR count). The summed E-state index contributed by atoms with van der Waals surface area (Å²) < 4.78 is 19.4. The number of carbonyl (C=O) groups excluding carboxylic acids is 2. The van der Waals surface area contributed by atoms with Crippen LogP contribution in [0.1, 0.15) is 40.1 Å². The molecule has 1 atom stereocenters. The van der Waals surface area contributed by atoms with E-state index in [0.717, 1.165) is 4.88 Å². The van der Waals surface area contributed by atoms with Gasteiger partial charge in [0.1, 0.15) is 10.6 Å². The van der Waals surface area contributed by atoms with Gasteiger partial charge in [0.05, 0.1) is 30.8 Å². The molecular weight excluding hydrogens is 383 g/mol. The number of ether oxygens (including phenoxy) is 1. The molecule has 0 fully saturated rings. The lowest BCUT2D eigenvalue weighted by Crippen LogP contribution is -2.25. The Kier molecular flexibility index (Phi) is 4.80. The first-order valence-electron chi connectivity index (χ1n) is 8.95. The average Bonchev–Trinajstić information content (AvgIpc) is 3.24. The van der Waals surface area contributed by atoms with E-state index in [1.807, 2.05) is 0 Å². The van der Waals surface area contributed by atoms with Crippen LogP contribution in [0.15, 0.2) is 35.4 Å². The number of aryl methyl sites for hydroxylation is 1. The molecule has 0 radical (unpaired) electrons. The van der Waals surface area contributed by atoms with Gasteiger partial charge in [0.25, 0.3) is 5.56 Å². The van der Waals surface area contributed by atoms with Crippen LogP contribution in [0.25, 0.3) is 10.2 Å². The third-order valence-electron chi connectivity index (χ3n) is 4.85. The molecule has 6 nitrogen and oxygen atoms in total. The second-order valence-corrected chi connectivity index (χ2v) is 7.65. The lowest BCUT2D eigenvalue weighted by atomic mass is 10.0. The van der Waals surface area contributed by atoms with Crippen molar-refractivity contribution in [2.24, 2.45) is 0 Å². The topological polar surface area (TPSA) is 78.3 Å². The monoisotopic (exact) mass is 400 g/mol. The van der Waals surface area contributed by atoms with Crippen LogP contribution in [-0.4, -0.2) is 27.9 Å². The predicted octanol–water partition coefficient (Wildman–Crippen LogP) is 3.07. The molecule has 3 aromatic rings. The van der Waals surface area contributed by atoms with Crippen molar-refractivity contribution < 1.29 is 18.7 Å². The molecular formula is C20H17FN2O4S. The minimum Gasteiger partial charge on any atom is -0.466 e. The number of thiophene rings is 1. The summed E-state index contributed by atoms with van der Waals surface area (Å²) in [4.78, 5) is 43.7. The van der Waals surface area contributed by atoms with Crippen molar-refractivity contribution >= 4 is 33.3 Å². The first-order valence-corrected chi connectivity index (χ1v) is 9.77. The van der Waals surface area contributed by atoms with Gasteiger partial charge >= 0.3 is 5.97 Å². The minimum absolute atomic E-state index is 0.206. The van der Waals surface area contributed by atoms with Crippen molar-refractivity contribution in [2.45, 2.75) is 32.2 Å². The Morgan fingerprint density at radius 2 is 2.07 bits per heavy atom. The smallest absolute Gasteiger partial charge is 0.313 e. The molecule has 0 spiro atoms. The van der Waals surface area contributed by atoms with Gasteiger partial charge in [-0.3, -0.25) is 19.0 Å². The van der Waals surface area contributed by atoms with Crippen LogP contribution in [0, 0.1) is 5.82 Å². The van der Waals surface area contributed by atoms with E-state index in [1.165, 1.54) is 46.5 Å². The van der Waals surface area contributed by atoms with Crippen molar-refractivity contribution in [3.8, 4) is 0 Å². The number of aromatic nitrogens is 2. The van der Waals surface area contributed by atoms with Gasteiger partial charge in [-0.15, -0.1) is 11.3 Å². The first kappa shape index (κ1) is 18.5. The predicted molar refractivity (Wildman–Crippen MR) is 102 cm³/mol. The van der Waals surface area contributed by atoms with E-state index < -0.39 is 11.7 Å². The standard InChI is InChI=1S/C20H17FN2O4S/c1-2-27-20(26)13-7-8-15-16(13)17-18(28-15)22-10-23(19(17)25)9-14(24)11-3-5-12(21)6-4-11/h3-6,10,13H,2,7-9H2,1H3. The van der Waals surface area contributed by atoms with Crippen LogP contribution in [0.4, 0.5) is 4.39 Å². The van der Waals surface area contributed by atoms with Gasteiger partial charge in [-0.2, -0.15) is 0 Å². The van der Waals surface area contributed by atoms with Crippen LogP contribution >= 0.6 is 11.3 Å². The maximum Gasteiger partial charge on any atom is 0.313 e. The molecule has 1 unspecified atom stereocenters. The highest BCUT2D eigenvalue weighted by molar-refractivity contribution is 7.18. The number of esters is 1. The second kappa shape index (κ2) is 7.27. The normalized spacial score (nSPS) is 15.6. The number of hydrogen-bond donors (Lipinski definition) is 0. The molecule has 144 valence electrons. The summed E-state index contributed by atoms with van der Waals surface area (Å²) in [6.07, 6.45) is 2.66. The zero-order chi connectivity index (χ0) is 19.8. The summed E-state index contributed by atoms with van der Waals surface area (Å²) in [7, 11) is 0. The van der Waals surface area contributed by atoms with Gasteiger partial charge in [-0.05, 0) is 49.6 Å². The van der Waals surface area contributed by atoms with E-state index in [1.54, 1.807) is 6.92 Å². The van der Waals surface area contributed by atoms with Crippen LogP contribution < -0.4 is 5.56 Å². The highest BCUT2D eigenvalue weighted by atomic mass is 32.1. The zero-order valence-corrected chi connectivity index (χ0v) is 15.9. The molecule has 0 saturated carbocycles. The molecule has 0 saturated heterocycles. The van der Waals surface area contributed by atoms with E-state index in [2.05, 4.69) is 4.98 Å². The molecule has 1 aromatic carbocycles. The summed E-state index contributed by atoms with van der Waals surface area (Å²) in [5.41, 5.74) is 0.655. The van der Waals surface area contributed by atoms with Crippen LogP contribution in [-0.2, 0) is 22.5 Å². The van der Waals surface area contributed by atoms with Gasteiger partial charge in [0.2, 0.25) is 0 Å². The van der Waals surface area contributed by atoms with Crippen molar-refractivity contribution in [2.75, 3.05) is 6.61 Å². The third-order valence-corrected chi connectivity index (χ3v) is 6.03. The SMILES string of the molecule is CCOC(=O)C1CCc2sc3ncn(CC(=O)c4ccc(F)cc4)c(=O)c3c21. The second-order valence-electron chi connectivity index (χ2n) is 6.57. The molecule has 1 aliphatic rings. The maximum atomic E-state index is 13.1. The van der Waals surface area contributed by atoms with Crippen molar-refractivity contribution in [1.82, 2.24) is 9.55 Å². The van der Waals surface area contributed by atoms with Crippen LogP contribution in [0.3, 0.4) is 0 Å². The number of fused-ring (bicyclic) bond motifs is 3. The first-order chi connectivity index (χ1) is 13.5. The number of nitrogens with zero attached hydrogens (tertiary/aromatic N) is 2. The van der Waals surface area contributed by atoms with Gasteiger partial charge in [-0.1, -0.05) is 0 Å². The summed E-state index contributed by atoms with van der Waals surface area (Å²) in [5, 5.41) is 0.393. The largest absolute Gasteiger partial charge is 0.466 e. The molecule has 0 amide bonds. The number of ketones is 1. The molecule has 2 heterocycles. The quantitative estimate of drug-likeness (QED) is 0.486. The number of rotatable bonds is 5. The maximum absolute atomic E-state index is 13.1. The summed E-state index contributed by atoms with van der Waals surface area (Å²) in [6, 6.07) is 5.17. The van der Waals surface area contributed by atoms with Crippen LogP contribution in [0.5, 0.6) is 0 Å². The molecule has 1 aliphatic carbocycles. The number of Topliss-reactive ketones (excluding diaryl/α,β-unsaturated/α-hetero) is 1. The fraction of sp³-hybridized carbons (Fsp3) is 0.300. The number of halogens is 1. The molecule has 0 N–H and O–H groups in total. The van der Waals surface area contributed by atoms with Crippen molar-refractivity contribution in [1.29, 1.82) is 0 Å². The summed E-state index contributed by atoms with van der Waals surface area (Å²) in [5.74, 6) is -1.56. The number of benzene rings is 1. The third kappa shape index (κ3) is 3.13. The van der Waals surface area contributed by atoms with Gasteiger partial charge in [0, 0.05) is 10.4 Å². The molecule has 28 heavy (non-hydrogen) atoms. The fourth-order valence-electron chi connectivity index (χ4n) is 3.54. The fourth-order valence-corrected chi connectivity index (χ4v) is 4.75. The average molecular weight is 400 g/mol. The van der Waals surface area contributed by atoms with Crippen molar-refractivity contribution in [3.05, 3.63) is 62.8 Å². The molecule has 0 aliphatic heterocycles. The Hall–Kier alpha value is -2.87. The Bertz CT molecular complexity index is 1130. The lowest BCUT2D eigenvalue weighted by Gasteiger charge is -2.10. The van der Waals surface area contributed by atoms with Crippen molar-refractivity contribution in [3.63, 3.8) is 0 Å². The molecule has 8 heteroatoms. The summed E-state index contributed by atoms with van der Waals surface area (Å²) >= 11 is 1.41. The number of carbonyl (C=O) groups is 2. The van der Waals surface area contributed by atoms with Gasteiger partial charge < -0.3 is 4.74 Å². The van der Waals surface area contributed by atoms with Crippen LogP contribution in [0.2, 0.25) is 0 Å². The molecule has 2 aromatic heterocycles. The van der Waals surface area contributed by atoms with E-state index in [4.69, 9.17) is 4.74 Å². The van der Waals surface area contributed by atoms with E-state index in [-0.39, 0.29) is 30.5 Å². The highest BCUT2D eigenvalue weighted by Crippen LogP contribution is 2.42. The number of hydrogen-bond acceptors (Lipinski definition) is 6. The van der Waals surface area contributed by atoms with E-state index in [0.29, 0.717) is 34.2 Å². The molecule has 0 bridgehead atoms. The Morgan fingerprint density at radius 3 is 2.79 bits per heavy atom.